The van der Waals surface area contributed by atoms with E-state index in [1.807, 2.05) is 0 Å². The zero-order valence-electron chi connectivity index (χ0n) is 11.2. The third-order valence-electron chi connectivity index (χ3n) is 3.56. The van der Waals surface area contributed by atoms with Crippen LogP contribution in [0.15, 0.2) is 6.20 Å². The maximum Gasteiger partial charge on any atom is 0.339 e. The fourth-order valence-electron chi connectivity index (χ4n) is 2.75. The first-order chi connectivity index (χ1) is 8.58. The fourth-order valence-corrected chi connectivity index (χ4v) is 2.75. The molecule has 1 N–H and O–H groups in total. The molecule has 0 spiro atoms. The molecule has 1 heterocycles. The van der Waals surface area contributed by atoms with E-state index in [0.29, 0.717) is 17.4 Å². The Balaban J connectivity index is 2.25. The third-order valence-corrected chi connectivity index (χ3v) is 3.56. The van der Waals surface area contributed by atoms with Crippen molar-refractivity contribution >= 4 is 5.97 Å². The molecule has 1 aromatic rings. The van der Waals surface area contributed by atoms with Crippen molar-refractivity contribution in [2.45, 2.75) is 58.4 Å². The highest BCUT2D eigenvalue weighted by Crippen LogP contribution is 2.33. The van der Waals surface area contributed by atoms with Gasteiger partial charge in [0.2, 0.25) is 0 Å². The zero-order chi connectivity index (χ0) is 13.1. The van der Waals surface area contributed by atoms with Crippen molar-refractivity contribution in [3.05, 3.63) is 17.5 Å². The van der Waals surface area contributed by atoms with Crippen LogP contribution in [0.1, 0.15) is 67.9 Å². The van der Waals surface area contributed by atoms with Gasteiger partial charge < -0.3 is 5.11 Å². The van der Waals surface area contributed by atoms with E-state index in [4.69, 9.17) is 0 Å². The molecule has 4 heteroatoms. The average molecular weight is 250 g/mol. The summed E-state index contributed by atoms with van der Waals surface area (Å²) in [6, 6.07) is 0. The van der Waals surface area contributed by atoms with Crippen LogP contribution in [-0.2, 0) is 6.54 Å². The highest BCUT2D eigenvalue weighted by Gasteiger charge is 2.25. The van der Waals surface area contributed by atoms with Gasteiger partial charge in [-0.2, -0.15) is 5.10 Å². The molecule has 0 saturated heterocycles. The molecule has 0 bridgehead atoms. The predicted octanol–water partition coefficient (Wildman–Crippen LogP) is 3.29. The van der Waals surface area contributed by atoms with Gasteiger partial charge in [0.15, 0.2) is 0 Å². The first kappa shape index (κ1) is 13.1. The van der Waals surface area contributed by atoms with E-state index >= 15 is 0 Å². The number of carbonyl (C=O) groups is 1. The molecule has 1 fully saturated rings. The highest BCUT2D eigenvalue weighted by atomic mass is 16.4. The Morgan fingerprint density at radius 3 is 2.67 bits per heavy atom. The molecular weight excluding hydrogens is 228 g/mol. The van der Waals surface area contributed by atoms with Gasteiger partial charge in [0.1, 0.15) is 5.56 Å². The van der Waals surface area contributed by atoms with Crippen molar-refractivity contribution < 1.29 is 9.90 Å². The summed E-state index contributed by atoms with van der Waals surface area (Å²) < 4.78 is 1.80. The van der Waals surface area contributed by atoms with Gasteiger partial charge in [0.05, 0.1) is 5.69 Å². The monoisotopic (exact) mass is 250 g/mol. The predicted molar refractivity (Wildman–Crippen MR) is 69.9 cm³/mol. The van der Waals surface area contributed by atoms with Crippen molar-refractivity contribution in [1.29, 1.82) is 0 Å². The molecule has 18 heavy (non-hydrogen) atoms. The smallest absolute Gasteiger partial charge is 0.339 e. The highest BCUT2D eigenvalue weighted by molar-refractivity contribution is 5.88. The largest absolute Gasteiger partial charge is 0.478 e. The summed E-state index contributed by atoms with van der Waals surface area (Å²) in [6.45, 7) is 5.01. The van der Waals surface area contributed by atoms with E-state index in [1.165, 1.54) is 19.3 Å². The standard InChI is InChI=1S/C14H22N2O2/c1-10(2)8-16-9-12(14(17)18)13(15-16)11-6-4-3-5-7-11/h9-11H,3-8H2,1-2H3,(H,17,18). The van der Waals surface area contributed by atoms with Crippen LogP contribution in [-0.4, -0.2) is 20.9 Å². The lowest BCUT2D eigenvalue weighted by atomic mass is 9.85. The summed E-state index contributed by atoms with van der Waals surface area (Å²) in [5.74, 6) is -0.0189. The molecule has 2 rings (SSSR count). The summed E-state index contributed by atoms with van der Waals surface area (Å²) in [7, 11) is 0. The summed E-state index contributed by atoms with van der Waals surface area (Å²) in [5.41, 5.74) is 1.21. The van der Waals surface area contributed by atoms with E-state index in [2.05, 4.69) is 18.9 Å². The normalized spacial score (nSPS) is 17.3. The Bertz CT molecular complexity index is 417. The lowest BCUT2D eigenvalue weighted by Gasteiger charge is -2.20. The van der Waals surface area contributed by atoms with Gasteiger partial charge in [-0.25, -0.2) is 4.79 Å². The van der Waals surface area contributed by atoms with Gasteiger partial charge in [0, 0.05) is 18.7 Å². The topological polar surface area (TPSA) is 55.1 Å². The van der Waals surface area contributed by atoms with Crippen molar-refractivity contribution in [3.63, 3.8) is 0 Å². The minimum absolute atomic E-state index is 0.346. The van der Waals surface area contributed by atoms with Crippen molar-refractivity contribution in [2.24, 2.45) is 5.92 Å². The minimum Gasteiger partial charge on any atom is -0.478 e. The van der Waals surface area contributed by atoms with E-state index in [1.54, 1.807) is 10.9 Å². The summed E-state index contributed by atoms with van der Waals surface area (Å²) in [4.78, 5) is 11.3. The quantitative estimate of drug-likeness (QED) is 0.892. The van der Waals surface area contributed by atoms with E-state index in [9.17, 15) is 9.90 Å². The maximum absolute atomic E-state index is 11.3. The van der Waals surface area contributed by atoms with Gasteiger partial charge in [-0.1, -0.05) is 33.1 Å². The van der Waals surface area contributed by atoms with Crippen LogP contribution < -0.4 is 0 Å². The lowest BCUT2D eigenvalue weighted by Crippen LogP contribution is -2.10. The summed E-state index contributed by atoms with van der Waals surface area (Å²) in [6.07, 6.45) is 7.53. The van der Waals surface area contributed by atoms with E-state index in [0.717, 1.165) is 25.1 Å². The van der Waals surface area contributed by atoms with Crippen LogP contribution in [0.2, 0.25) is 0 Å². The van der Waals surface area contributed by atoms with Gasteiger partial charge in [0.25, 0.3) is 0 Å². The number of aromatic carboxylic acids is 1. The minimum atomic E-state index is -0.842. The van der Waals surface area contributed by atoms with E-state index in [-0.39, 0.29) is 0 Å². The van der Waals surface area contributed by atoms with Crippen LogP contribution in [0.3, 0.4) is 0 Å². The van der Waals surface area contributed by atoms with Crippen LogP contribution >= 0.6 is 0 Å². The van der Waals surface area contributed by atoms with Crippen LogP contribution in [0.5, 0.6) is 0 Å². The Hall–Kier alpha value is -1.32. The third kappa shape index (κ3) is 2.92. The molecule has 0 unspecified atom stereocenters. The number of carboxylic acid groups (broad SMARTS) is 1. The van der Waals surface area contributed by atoms with Gasteiger partial charge in [-0.05, 0) is 18.8 Å². The van der Waals surface area contributed by atoms with Gasteiger partial charge >= 0.3 is 5.97 Å². The molecule has 1 aliphatic rings. The molecule has 0 aliphatic heterocycles. The second kappa shape index (κ2) is 5.55. The molecule has 1 aliphatic carbocycles. The Morgan fingerprint density at radius 1 is 1.44 bits per heavy atom. The first-order valence-electron chi connectivity index (χ1n) is 6.88. The molecule has 4 nitrogen and oxygen atoms in total. The molecule has 0 atom stereocenters. The fraction of sp³-hybridized carbons (Fsp3) is 0.714. The molecule has 0 amide bonds. The molecule has 1 saturated carbocycles. The number of hydrogen-bond donors (Lipinski definition) is 1. The Labute approximate surface area is 108 Å². The first-order valence-corrected chi connectivity index (χ1v) is 6.88. The number of carboxylic acids is 1. The average Bonchev–Trinajstić information content (AvgIpc) is 2.73. The van der Waals surface area contributed by atoms with Gasteiger partial charge in [-0.3, -0.25) is 4.68 Å². The lowest BCUT2D eigenvalue weighted by molar-refractivity contribution is 0.0694. The second-order valence-electron chi connectivity index (χ2n) is 5.68. The molecule has 0 radical (unpaired) electrons. The van der Waals surface area contributed by atoms with E-state index < -0.39 is 5.97 Å². The molecule has 1 aromatic heterocycles. The number of rotatable bonds is 4. The molecule has 100 valence electrons. The zero-order valence-corrected chi connectivity index (χ0v) is 11.2. The van der Waals surface area contributed by atoms with Crippen LogP contribution in [0.4, 0.5) is 0 Å². The SMILES string of the molecule is CC(C)Cn1cc(C(=O)O)c(C2CCCCC2)n1. The Morgan fingerprint density at radius 2 is 2.11 bits per heavy atom. The molecule has 0 aromatic carbocycles. The number of hydrogen-bond acceptors (Lipinski definition) is 2. The van der Waals surface area contributed by atoms with Crippen molar-refractivity contribution in [3.8, 4) is 0 Å². The number of nitrogens with zero attached hydrogens (tertiary/aromatic N) is 2. The van der Waals surface area contributed by atoms with Gasteiger partial charge in [-0.15, -0.1) is 0 Å². The van der Waals surface area contributed by atoms with Crippen molar-refractivity contribution in [2.75, 3.05) is 0 Å². The number of aromatic nitrogens is 2. The van der Waals surface area contributed by atoms with Crippen LogP contribution in [0.25, 0.3) is 0 Å². The second-order valence-corrected chi connectivity index (χ2v) is 5.68. The maximum atomic E-state index is 11.3. The summed E-state index contributed by atoms with van der Waals surface area (Å²) >= 11 is 0. The van der Waals surface area contributed by atoms with Crippen LogP contribution in [0, 0.1) is 5.92 Å². The Kier molecular flexibility index (Phi) is 4.04. The summed E-state index contributed by atoms with van der Waals surface area (Å²) in [5, 5.41) is 13.8. The molecular formula is C14H22N2O2. The van der Waals surface area contributed by atoms with Crippen molar-refractivity contribution in [1.82, 2.24) is 9.78 Å².